The van der Waals surface area contributed by atoms with Crippen LogP contribution in [0.5, 0.6) is 5.75 Å². The minimum absolute atomic E-state index is 0.190. The number of ether oxygens (including phenoxy) is 3. The average Bonchev–Trinajstić information content (AvgIpc) is 2.92. The van der Waals surface area contributed by atoms with E-state index in [2.05, 4.69) is 11.7 Å². The van der Waals surface area contributed by atoms with Gasteiger partial charge in [0.25, 0.3) is 0 Å². The average molecular weight is 547 g/mol. The fraction of sp³-hybridized carbons (Fsp3) is 0.500. The minimum atomic E-state index is -4.72. The smallest absolute Gasteiger partial charge is 0.406 e. The van der Waals surface area contributed by atoms with Gasteiger partial charge < -0.3 is 14.2 Å². The third-order valence-electron chi connectivity index (χ3n) is 7.36. The van der Waals surface area contributed by atoms with E-state index in [-0.39, 0.29) is 17.9 Å². The lowest BCUT2D eigenvalue weighted by atomic mass is 9.98. The van der Waals surface area contributed by atoms with Gasteiger partial charge in [-0.25, -0.2) is 4.39 Å². The van der Waals surface area contributed by atoms with Gasteiger partial charge in [-0.15, -0.1) is 13.2 Å². The monoisotopic (exact) mass is 546 g/mol. The van der Waals surface area contributed by atoms with Gasteiger partial charge in [0.15, 0.2) is 6.29 Å². The van der Waals surface area contributed by atoms with Gasteiger partial charge in [-0.3, -0.25) is 0 Å². The highest BCUT2D eigenvalue weighted by atomic mass is 19.4. The van der Waals surface area contributed by atoms with E-state index in [0.717, 1.165) is 49.0 Å². The molecule has 0 aliphatic carbocycles. The molecule has 0 spiro atoms. The number of rotatable bonds is 13. The summed E-state index contributed by atoms with van der Waals surface area (Å²) in [6.07, 6.45) is 5.18. The van der Waals surface area contributed by atoms with Crippen LogP contribution in [0.25, 0.3) is 10.8 Å². The van der Waals surface area contributed by atoms with Crippen LogP contribution in [0.1, 0.15) is 68.6 Å². The molecule has 0 N–H and O–H groups in total. The van der Waals surface area contributed by atoms with Gasteiger partial charge in [0.2, 0.25) is 0 Å². The molecule has 0 amide bonds. The summed E-state index contributed by atoms with van der Waals surface area (Å²) >= 11 is 0. The summed E-state index contributed by atoms with van der Waals surface area (Å²) in [6, 6.07) is 15.2. The van der Waals surface area contributed by atoms with Crippen molar-refractivity contribution in [2.45, 2.75) is 83.8 Å². The van der Waals surface area contributed by atoms with E-state index >= 15 is 4.39 Å². The number of aryl methyl sites for hydroxylation is 3. The van der Waals surface area contributed by atoms with E-state index in [1.807, 2.05) is 24.3 Å². The van der Waals surface area contributed by atoms with Gasteiger partial charge in [-0.2, -0.15) is 0 Å². The summed E-state index contributed by atoms with van der Waals surface area (Å²) in [6.45, 7) is 3.75. The molecular weight excluding hydrogens is 508 g/mol. The van der Waals surface area contributed by atoms with Crippen molar-refractivity contribution in [2.24, 2.45) is 5.92 Å². The van der Waals surface area contributed by atoms with Crippen molar-refractivity contribution in [3.05, 3.63) is 77.1 Å². The molecule has 7 heteroatoms. The maximum Gasteiger partial charge on any atom is 0.573 e. The number of benzene rings is 3. The molecule has 0 bridgehead atoms. The van der Waals surface area contributed by atoms with E-state index in [1.165, 1.54) is 44.2 Å². The van der Waals surface area contributed by atoms with Crippen molar-refractivity contribution in [2.75, 3.05) is 13.2 Å². The molecule has 39 heavy (non-hydrogen) atoms. The van der Waals surface area contributed by atoms with Gasteiger partial charge in [-0.05, 0) is 59.9 Å². The first-order valence-corrected chi connectivity index (χ1v) is 14.1. The molecule has 212 valence electrons. The fourth-order valence-corrected chi connectivity index (χ4v) is 5.11. The first kappa shape index (κ1) is 29.3. The molecule has 3 aromatic rings. The van der Waals surface area contributed by atoms with Crippen LogP contribution < -0.4 is 4.74 Å². The highest BCUT2D eigenvalue weighted by Gasteiger charge is 2.31. The molecular formula is C32H38F4O3. The molecule has 0 aromatic heterocycles. The molecule has 4 rings (SSSR count). The number of hydrogen-bond acceptors (Lipinski definition) is 3. The Balaban J connectivity index is 1.24. The Hall–Kier alpha value is -2.64. The summed E-state index contributed by atoms with van der Waals surface area (Å²) in [7, 11) is 0. The maximum atomic E-state index is 15.2. The van der Waals surface area contributed by atoms with Crippen LogP contribution in [0.2, 0.25) is 0 Å². The Morgan fingerprint density at radius 3 is 2.23 bits per heavy atom. The Kier molecular flexibility index (Phi) is 10.6. The molecule has 1 aliphatic heterocycles. The molecule has 1 aliphatic rings. The SMILES string of the molecule is CCCCCCCC1COC(CCc2ccc3c(F)c(CCc4ccc(OC(F)(F)F)cc4)ccc3c2)OC1. The highest BCUT2D eigenvalue weighted by Crippen LogP contribution is 2.27. The van der Waals surface area contributed by atoms with E-state index in [1.54, 1.807) is 18.2 Å². The van der Waals surface area contributed by atoms with Crippen molar-refractivity contribution in [3.63, 3.8) is 0 Å². The number of alkyl halides is 3. The van der Waals surface area contributed by atoms with Gasteiger partial charge >= 0.3 is 6.36 Å². The normalized spacial score (nSPS) is 18.0. The summed E-state index contributed by atoms with van der Waals surface area (Å²) in [5.41, 5.74) is 2.50. The van der Waals surface area contributed by atoms with Gasteiger partial charge in [0, 0.05) is 17.7 Å². The second-order valence-electron chi connectivity index (χ2n) is 10.5. The van der Waals surface area contributed by atoms with Crippen LogP contribution in [0.15, 0.2) is 54.6 Å². The lowest BCUT2D eigenvalue weighted by Gasteiger charge is -2.29. The van der Waals surface area contributed by atoms with Crippen LogP contribution in [0.4, 0.5) is 17.6 Å². The standard InChI is InChI=1S/C32H38F4O3/c1-2-3-4-5-6-7-25-21-37-30(38-22-25)19-12-24-11-18-29-27(20-24)15-14-26(31(29)33)13-8-23-9-16-28(17-10-23)39-32(34,35)36/h9-11,14-18,20,25,30H,2-8,12-13,19,21-22H2,1H3. The van der Waals surface area contributed by atoms with E-state index < -0.39 is 6.36 Å². The second kappa shape index (κ2) is 14.1. The lowest BCUT2D eigenvalue weighted by Crippen LogP contribution is -2.32. The maximum absolute atomic E-state index is 15.2. The van der Waals surface area contributed by atoms with Crippen LogP contribution in [-0.4, -0.2) is 25.9 Å². The van der Waals surface area contributed by atoms with Crippen LogP contribution in [-0.2, 0) is 28.7 Å². The zero-order valence-electron chi connectivity index (χ0n) is 22.6. The Bertz CT molecular complexity index is 1170. The Morgan fingerprint density at radius 2 is 1.51 bits per heavy atom. The molecule has 0 saturated carbocycles. The predicted molar refractivity (Wildman–Crippen MR) is 145 cm³/mol. The second-order valence-corrected chi connectivity index (χ2v) is 10.5. The molecule has 0 atom stereocenters. The third kappa shape index (κ3) is 9.21. The summed E-state index contributed by atoms with van der Waals surface area (Å²) in [4.78, 5) is 0. The van der Waals surface area contributed by atoms with Gasteiger partial charge in [0.1, 0.15) is 11.6 Å². The quantitative estimate of drug-likeness (QED) is 0.158. The molecule has 0 unspecified atom stereocenters. The molecule has 3 aromatic carbocycles. The van der Waals surface area contributed by atoms with Crippen molar-refractivity contribution in [1.29, 1.82) is 0 Å². The molecule has 1 saturated heterocycles. The van der Waals surface area contributed by atoms with E-state index in [4.69, 9.17) is 9.47 Å². The van der Waals surface area contributed by atoms with Crippen LogP contribution in [0, 0.1) is 11.7 Å². The van der Waals surface area contributed by atoms with Gasteiger partial charge in [0.05, 0.1) is 13.2 Å². The number of hydrogen-bond donors (Lipinski definition) is 0. The van der Waals surface area contributed by atoms with Crippen molar-refractivity contribution in [3.8, 4) is 5.75 Å². The van der Waals surface area contributed by atoms with E-state index in [9.17, 15) is 13.2 Å². The van der Waals surface area contributed by atoms with Crippen molar-refractivity contribution >= 4 is 10.8 Å². The van der Waals surface area contributed by atoms with Crippen molar-refractivity contribution < 1.29 is 31.8 Å². The minimum Gasteiger partial charge on any atom is -0.406 e. The first-order chi connectivity index (χ1) is 18.8. The zero-order chi connectivity index (χ0) is 27.7. The largest absolute Gasteiger partial charge is 0.573 e. The molecule has 3 nitrogen and oxygen atoms in total. The number of fused-ring (bicyclic) bond motifs is 1. The third-order valence-corrected chi connectivity index (χ3v) is 7.36. The first-order valence-electron chi connectivity index (χ1n) is 14.1. The van der Waals surface area contributed by atoms with E-state index in [0.29, 0.717) is 29.7 Å². The number of halogens is 4. The summed E-state index contributed by atoms with van der Waals surface area (Å²) < 4.78 is 68.1. The summed E-state index contributed by atoms with van der Waals surface area (Å²) in [5.74, 6) is -0.0304. The highest BCUT2D eigenvalue weighted by molar-refractivity contribution is 5.84. The van der Waals surface area contributed by atoms with Crippen molar-refractivity contribution in [1.82, 2.24) is 0 Å². The summed E-state index contributed by atoms with van der Waals surface area (Å²) in [5, 5.41) is 1.41. The van der Waals surface area contributed by atoms with Crippen LogP contribution in [0.3, 0.4) is 0 Å². The number of unbranched alkanes of at least 4 members (excludes halogenated alkanes) is 4. The lowest BCUT2D eigenvalue weighted by molar-refractivity contribution is -0.274. The molecule has 1 fully saturated rings. The molecule has 1 heterocycles. The van der Waals surface area contributed by atoms with Gasteiger partial charge in [-0.1, -0.05) is 81.5 Å². The van der Waals surface area contributed by atoms with Crippen LogP contribution >= 0.6 is 0 Å². The predicted octanol–water partition coefficient (Wildman–Crippen LogP) is 8.94. The molecule has 0 radical (unpaired) electrons. The Morgan fingerprint density at radius 1 is 0.795 bits per heavy atom. The fourth-order valence-electron chi connectivity index (χ4n) is 5.11. The topological polar surface area (TPSA) is 27.7 Å². The zero-order valence-corrected chi connectivity index (χ0v) is 22.6. The Labute approximate surface area is 228 Å².